The van der Waals surface area contributed by atoms with Gasteiger partial charge in [0.2, 0.25) is 0 Å². The van der Waals surface area contributed by atoms with Gasteiger partial charge < -0.3 is 15.4 Å². The molecule has 4 heteroatoms. The van der Waals surface area contributed by atoms with E-state index in [1.807, 2.05) is 24.3 Å². The fraction of sp³-hybridized carbons (Fsp3) is 0.429. The molecule has 0 aliphatic rings. The van der Waals surface area contributed by atoms with Gasteiger partial charge in [0.15, 0.2) is 0 Å². The van der Waals surface area contributed by atoms with Crippen molar-refractivity contribution in [1.82, 2.24) is 10.3 Å². The molecule has 0 saturated heterocycles. The number of fused-ring (bicyclic) bond motifs is 1. The molecule has 0 fully saturated rings. The van der Waals surface area contributed by atoms with Crippen molar-refractivity contribution in [3.05, 3.63) is 35.0 Å². The minimum absolute atomic E-state index is 0.257. The van der Waals surface area contributed by atoms with Crippen LogP contribution in [0.25, 0.3) is 10.9 Å². The van der Waals surface area contributed by atoms with Crippen LogP contribution >= 0.6 is 11.6 Å². The number of hydrogen-bond acceptors (Lipinski definition) is 2. The van der Waals surface area contributed by atoms with Gasteiger partial charge in [-0.3, -0.25) is 0 Å². The molecule has 0 radical (unpaired) electrons. The number of halogens is 1. The molecular formula is C14H19ClN2O. The van der Waals surface area contributed by atoms with Gasteiger partial charge >= 0.3 is 0 Å². The first-order valence-electron chi connectivity index (χ1n) is 6.24. The fourth-order valence-electron chi connectivity index (χ4n) is 2.16. The van der Waals surface area contributed by atoms with Crippen molar-refractivity contribution in [2.75, 3.05) is 0 Å². The molecule has 2 atom stereocenters. The Morgan fingerprint density at radius 3 is 2.72 bits per heavy atom. The number of hydrogen-bond donors (Lipinski definition) is 3. The highest BCUT2D eigenvalue weighted by Crippen LogP contribution is 2.27. The van der Waals surface area contributed by atoms with Gasteiger partial charge in [-0.05, 0) is 26.3 Å². The predicted molar refractivity (Wildman–Crippen MR) is 75.9 cm³/mol. The first kappa shape index (κ1) is 13.4. The quantitative estimate of drug-likeness (QED) is 0.779. The number of aliphatic hydroxyl groups excluding tert-OH is 1. The Labute approximate surface area is 112 Å². The number of para-hydroxylation sites is 1. The Hall–Kier alpha value is -1.03. The third-order valence-corrected chi connectivity index (χ3v) is 3.47. The molecule has 2 aromatic rings. The lowest BCUT2D eigenvalue weighted by molar-refractivity contribution is 0.170. The van der Waals surface area contributed by atoms with Gasteiger partial charge in [0.25, 0.3) is 0 Å². The molecule has 3 nitrogen and oxygen atoms in total. The van der Waals surface area contributed by atoms with Crippen LogP contribution in [0.3, 0.4) is 0 Å². The Kier molecular flexibility index (Phi) is 4.27. The van der Waals surface area contributed by atoms with E-state index < -0.39 is 0 Å². The maximum Gasteiger partial charge on any atom is 0.0705 e. The van der Waals surface area contributed by atoms with Gasteiger partial charge in [0, 0.05) is 29.2 Å². The third-order valence-electron chi connectivity index (χ3n) is 3.04. The topological polar surface area (TPSA) is 48.0 Å². The van der Waals surface area contributed by atoms with Crippen LogP contribution in [0.1, 0.15) is 26.0 Å². The molecular weight excluding hydrogens is 248 g/mol. The average molecular weight is 267 g/mol. The molecule has 0 aliphatic carbocycles. The Balaban J connectivity index is 2.06. The maximum absolute atomic E-state index is 9.32. The van der Waals surface area contributed by atoms with E-state index in [-0.39, 0.29) is 12.1 Å². The van der Waals surface area contributed by atoms with E-state index in [9.17, 15) is 5.11 Å². The zero-order chi connectivity index (χ0) is 13.1. The van der Waals surface area contributed by atoms with Gasteiger partial charge in [-0.15, -0.1) is 0 Å². The molecule has 98 valence electrons. The summed E-state index contributed by atoms with van der Waals surface area (Å²) in [5.41, 5.74) is 2.05. The number of H-pyrrole nitrogens is 1. The summed E-state index contributed by atoms with van der Waals surface area (Å²) in [6.45, 7) is 4.54. The summed E-state index contributed by atoms with van der Waals surface area (Å²) in [6, 6.07) is 8.26. The van der Waals surface area contributed by atoms with Crippen LogP contribution < -0.4 is 5.32 Å². The predicted octanol–water partition coefficient (Wildman–Crippen LogP) is 3.07. The number of aliphatic hydroxyl groups is 1. The van der Waals surface area contributed by atoms with Crippen molar-refractivity contribution in [2.45, 2.75) is 39.0 Å². The highest BCUT2D eigenvalue weighted by atomic mass is 35.5. The van der Waals surface area contributed by atoms with Crippen molar-refractivity contribution in [1.29, 1.82) is 0 Å². The SMILES string of the molecule is CC(O)CC(C)NCc1[nH]c2ccccc2c1Cl. The summed E-state index contributed by atoms with van der Waals surface area (Å²) in [7, 11) is 0. The number of aromatic amines is 1. The molecule has 1 aromatic heterocycles. The minimum Gasteiger partial charge on any atom is -0.393 e. The molecule has 18 heavy (non-hydrogen) atoms. The van der Waals surface area contributed by atoms with Crippen LogP contribution in [0.5, 0.6) is 0 Å². The minimum atomic E-state index is -0.286. The molecule has 0 spiro atoms. The van der Waals surface area contributed by atoms with E-state index >= 15 is 0 Å². The van der Waals surface area contributed by atoms with Crippen LogP contribution in [-0.2, 0) is 6.54 Å². The van der Waals surface area contributed by atoms with Crippen LogP contribution in [0.15, 0.2) is 24.3 Å². The lowest BCUT2D eigenvalue weighted by Gasteiger charge is -2.14. The second-order valence-corrected chi connectivity index (χ2v) is 5.21. The second-order valence-electron chi connectivity index (χ2n) is 4.83. The number of nitrogens with one attached hydrogen (secondary N) is 2. The van der Waals surface area contributed by atoms with E-state index in [4.69, 9.17) is 11.6 Å². The Bertz CT molecular complexity index is 521. The molecule has 0 bridgehead atoms. The normalized spacial score (nSPS) is 14.9. The smallest absolute Gasteiger partial charge is 0.0705 e. The highest BCUT2D eigenvalue weighted by Gasteiger charge is 2.10. The molecule has 0 aliphatic heterocycles. The highest BCUT2D eigenvalue weighted by molar-refractivity contribution is 6.36. The van der Waals surface area contributed by atoms with Crippen LogP contribution in [0, 0.1) is 0 Å². The standard InChI is InChI=1S/C14H19ClN2O/c1-9(7-10(2)18)16-8-13-14(15)11-5-3-4-6-12(11)17-13/h3-6,9-10,16-18H,7-8H2,1-2H3. The number of benzene rings is 1. The van der Waals surface area contributed by atoms with Gasteiger partial charge in [-0.1, -0.05) is 29.8 Å². The lowest BCUT2D eigenvalue weighted by Crippen LogP contribution is -2.28. The summed E-state index contributed by atoms with van der Waals surface area (Å²) in [4.78, 5) is 3.32. The average Bonchev–Trinajstić information content (AvgIpc) is 2.64. The zero-order valence-corrected chi connectivity index (χ0v) is 11.5. The maximum atomic E-state index is 9.32. The van der Waals surface area contributed by atoms with Crippen molar-refractivity contribution in [2.24, 2.45) is 0 Å². The molecule has 0 saturated carbocycles. The second kappa shape index (κ2) is 5.74. The van der Waals surface area contributed by atoms with Gasteiger partial charge in [-0.2, -0.15) is 0 Å². The first-order chi connectivity index (χ1) is 8.58. The van der Waals surface area contributed by atoms with E-state index in [1.54, 1.807) is 6.92 Å². The zero-order valence-electron chi connectivity index (χ0n) is 10.7. The molecule has 0 amide bonds. The van der Waals surface area contributed by atoms with E-state index in [0.29, 0.717) is 6.54 Å². The lowest BCUT2D eigenvalue weighted by atomic mass is 10.1. The fourth-order valence-corrected chi connectivity index (χ4v) is 2.44. The molecule has 2 rings (SSSR count). The molecule has 1 aromatic carbocycles. The van der Waals surface area contributed by atoms with E-state index in [2.05, 4.69) is 17.2 Å². The number of aromatic nitrogens is 1. The summed E-state index contributed by atoms with van der Waals surface area (Å²) in [5.74, 6) is 0. The van der Waals surface area contributed by atoms with Crippen LogP contribution in [0.2, 0.25) is 5.02 Å². The molecule has 1 heterocycles. The van der Waals surface area contributed by atoms with Crippen molar-refractivity contribution in [3.63, 3.8) is 0 Å². The Morgan fingerprint density at radius 2 is 2.06 bits per heavy atom. The van der Waals surface area contributed by atoms with Crippen molar-refractivity contribution >= 4 is 22.5 Å². The summed E-state index contributed by atoms with van der Waals surface area (Å²) < 4.78 is 0. The van der Waals surface area contributed by atoms with Crippen molar-refractivity contribution in [3.8, 4) is 0 Å². The summed E-state index contributed by atoms with van der Waals surface area (Å²) in [5, 5.41) is 14.5. The molecule has 2 unspecified atom stereocenters. The Morgan fingerprint density at radius 1 is 1.33 bits per heavy atom. The monoisotopic (exact) mass is 266 g/mol. The first-order valence-corrected chi connectivity index (χ1v) is 6.62. The third kappa shape index (κ3) is 3.05. The summed E-state index contributed by atoms with van der Waals surface area (Å²) >= 11 is 6.33. The van der Waals surface area contributed by atoms with Gasteiger partial charge in [0.05, 0.1) is 11.1 Å². The van der Waals surface area contributed by atoms with E-state index in [0.717, 1.165) is 28.0 Å². The largest absolute Gasteiger partial charge is 0.393 e. The summed E-state index contributed by atoms with van der Waals surface area (Å²) in [6.07, 6.45) is 0.448. The van der Waals surface area contributed by atoms with Crippen LogP contribution in [0.4, 0.5) is 0 Å². The van der Waals surface area contributed by atoms with Crippen LogP contribution in [-0.4, -0.2) is 22.2 Å². The van der Waals surface area contributed by atoms with Gasteiger partial charge in [0.1, 0.15) is 0 Å². The number of rotatable bonds is 5. The van der Waals surface area contributed by atoms with Crippen molar-refractivity contribution < 1.29 is 5.11 Å². The van der Waals surface area contributed by atoms with E-state index in [1.165, 1.54) is 0 Å². The molecule has 3 N–H and O–H groups in total. The van der Waals surface area contributed by atoms with Gasteiger partial charge in [-0.25, -0.2) is 0 Å².